The lowest BCUT2D eigenvalue weighted by Crippen LogP contribution is -2.15. The molecule has 0 unspecified atom stereocenters. The number of hydrogen-bond acceptors (Lipinski definition) is 0. The predicted molar refractivity (Wildman–Crippen MR) is 101 cm³/mol. The minimum atomic E-state index is -4.39. The van der Waals surface area contributed by atoms with Gasteiger partial charge in [-0.15, -0.1) is 0 Å². The Labute approximate surface area is 155 Å². The molecule has 3 rings (SSSR count). The summed E-state index contributed by atoms with van der Waals surface area (Å²) in [6, 6.07) is 23.6. The molecule has 26 heavy (non-hydrogen) atoms. The van der Waals surface area contributed by atoms with Crippen molar-refractivity contribution in [2.45, 2.75) is 40.6 Å². The van der Waals surface area contributed by atoms with Gasteiger partial charge in [0, 0.05) is 0 Å². The smallest absolute Gasteiger partial charge is 0.166 e. The van der Waals surface area contributed by atoms with E-state index in [-0.39, 0.29) is 5.92 Å². The lowest BCUT2D eigenvalue weighted by Gasteiger charge is -2.16. The molecular weight excluding hydrogens is 353 g/mol. The van der Waals surface area contributed by atoms with Crippen LogP contribution in [0.4, 0.5) is 13.2 Å². The average molecular weight is 373 g/mol. The third-order valence-electron chi connectivity index (χ3n) is 4.15. The summed E-state index contributed by atoms with van der Waals surface area (Å²) in [6.45, 7) is 3.81. The number of hydrogen-bond donors (Lipinski definition) is 0. The van der Waals surface area contributed by atoms with Gasteiger partial charge in [0.2, 0.25) is 0 Å². The highest BCUT2D eigenvalue weighted by Crippen LogP contribution is 2.41. The number of alkyl halides is 3. The molecule has 0 aromatic heterocycles. The highest BCUT2D eigenvalue weighted by atomic mass is 32.2. The van der Waals surface area contributed by atoms with E-state index in [2.05, 4.69) is 0 Å². The second kappa shape index (κ2) is 7.58. The Morgan fingerprint density at radius 2 is 1.23 bits per heavy atom. The zero-order valence-corrected chi connectivity index (χ0v) is 15.4. The summed E-state index contributed by atoms with van der Waals surface area (Å²) in [6.07, 6.45) is -4.39. The van der Waals surface area contributed by atoms with Gasteiger partial charge in [-0.3, -0.25) is 0 Å². The molecule has 0 atom stereocenters. The highest BCUT2D eigenvalue weighted by Gasteiger charge is 2.42. The zero-order valence-electron chi connectivity index (χ0n) is 14.6. The van der Waals surface area contributed by atoms with Crippen molar-refractivity contribution in [2.24, 2.45) is 0 Å². The van der Waals surface area contributed by atoms with Gasteiger partial charge in [0.25, 0.3) is 0 Å². The van der Waals surface area contributed by atoms with Crippen LogP contribution < -0.4 is 0 Å². The van der Waals surface area contributed by atoms with Gasteiger partial charge < -0.3 is 0 Å². The molecule has 0 nitrogen and oxygen atoms in total. The Morgan fingerprint density at radius 3 is 1.65 bits per heavy atom. The molecule has 0 fully saturated rings. The van der Waals surface area contributed by atoms with Crippen LogP contribution in [0.2, 0.25) is 0 Å². The Kier molecular flexibility index (Phi) is 5.42. The van der Waals surface area contributed by atoms with E-state index in [4.69, 9.17) is 0 Å². The van der Waals surface area contributed by atoms with E-state index < -0.39 is 22.6 Å². The van der Waals surface area contributed by atoms with Gasteiger partial charge in [-0.25, -0.2) is 0 Å². The molecule has 0 amide bonds. The van der Waals surface area contributed by atoms with Gasteiger partial charge in [0.15, 0.2) is 14.7 Å². The number of benzene rings is 3. The largest absolute Gasteiger partial charge is 0.421 e. The lowest BCUT2D eigenvalue weighted by molar-refractivity contribution is -0.139. The van der Waals surface area contributed by atoms with Crippen molar-refractivity contribution in [3.8, 4) is 0 Å². The lowest BCUT2D eigenvalue weighted by atomic mass is 10.0. The van der Waals surface area contributed by atoms with Gasteiger partial charge in [0.05, 0.1) is 10.9 Å². The third-order valence-corrected chi connectivity index (χ3v) is 6.44. The van der Waals surface area contributed by atoms with Crippen molar-refractivity contribution in [3.05, 3.63) is 90.0 Å². The van der Waals surface area contributed by atoms with Crippen LogP contribution in [-0.4, -0.2) is 0 Å². The summed E-state index contributed by atoms with van der Waals surface area (Å²) >= 11 is 0. The fraction of sp³-hybridized carbons (Fsp3) is 0.182. The molecule has 0 bridgehead atoms. The average Bonchev–Trinajstić information content (AvgIpc) is 2.63. The second-order valence-electron chi connectivity index (χ2n) is 6.34. The maximum atomic E-state index is 13.9. The quantitative estimate of drug-likeness (QED) is 0.435. The van der Waals surface area contributed by atoms with Crippen LogP contribution in [0.1, 0.15) is 30.9 Å². The monoisotopic (exact) mass is 373 g/mol. The van der Waals surface area contributed by atoms with E-state index >= 15 is 0 Å². The van der Waals surface area contributed by atoms with Crippen LogP contribution in [0, 0.1) is 0 Å². The normalized spacial score (nSPS) is 12.0. The summed E-state index contributed by atoms with van der Waals surface area (Å²) in [4.78, 5) is 2.07. The van der Waals surface area contributed by atoms with E-state index in [0.29, 0.717) is 10.5 Å². The Morgan fingerprint density at radius 1 is 0.731 bits per heavy atom. The first-order valence-corrected chi connectivity index (χ1v) is 9.66. The molecule has 0 aliphatic heterocycles. The maximum Gasteiger partial charge on any atom is 0.421 e. The number of halogens is 3. The van der Waals surface area contributed by atoms with Crippen molar-refractivity contribution in [1.29, 1.82) is 0 Å². The first-order chi connectivity index (χ1) is 12.4. The Balaban J connectivity index is 2.25. The van der Waals surface area contributed by atoms with Crippen molar-refractivity contribution >= 4 is 10.9 Å². The molecule has 4 heteroatoms. The minimum absolute atomic E-state index is 0.0420. The molecule has 0 radical (unpaired) electrons. The van der Waals surface area contributed by atoms with E-state index in [1.807, 2.05) is 80.6 Å². The molecule has 0 heterocycles. The molecule has 0 spiro atoms. The van der Waals surface area contributed by atoms with Gasteiger partial charge in [-0.1, -0.05) is 56.3 Å². The summed E-state index contributed by atoms with van der Waals surface area (Å²) in [5.41, 5.74) is 0.158. The first kappa shape index (κ1) is 18.6. The minimum Gasteiger partial charge on any atom is -0.166 e. The molecule has 0 N–H and O–H groups in total. The topological polar surface area (TPSA) is 0 Å². The molecule has 3 aromatic rings. The summed E-state index contributed by atoms with van der Waals surface area (Å²) in [5, 5.41) is 0. The molecular formula is C22H20F3S+. The van der Waals surface area contributed by atoms with Crippen LogP contribution in [0.15, 0.2) is 93.5 Å². The molecule has 0 saturated heterocycles. The fourth-order valence-electron chi connectivity index (χ4n) is 2.81. The van der Waals surface area contributed by atoms with Gasteiger partial charge in [0.1, 0.15) is 5.56 Å². The highest BCUT2D eigenvalue weighted by molar-refractivity contribution is 7.97. The summed E-state index contributed by atoms with van der Waals surface area (Å²) < 4.78 is 41.7. The Hall–Kier alpha value is -2.20. The van der Waals surface area contributed by atoms with Crippen molar-refractivity contribution in [1.82, 2.24) is 0 Å². The van der Waals surface area contributed by atoms with Crippen LogP contribution >= 0.6 is 0 Å². The van der Waals surface area contributed by atoms with Crippen molar-refractivity contribution in [3.63, 3.8) is 0 Å². The van der Waals surface area contributed by atoms with Crippen LogP contribution in [0.25, 0.3) is 0 Å². The van der Waals surface area contributed by atoms with Crippen LogP contribution in [-0.2, 0) is 17.1 Å². The van der Waals surface area contributed by atoms with Crippen molar-refractivity contribution in [2.75, 3.05) is 0 Å². The van der Waals surface area contributed by atoms with Crippen LogP contribution in [0.3, 0.4) is 0 Å². The van der Waals surface area contributed by atoms with E-state index in [1.54, 1.807) is 6.07 Å². The van der Waals surface area contributed by atoms with E-state index in [9.17, 15) is 13.2 Å². The summed E-state index contributed by atoms with van der Waals surface area (Å²) in [5.74, 6) is 0.0420. The Bertz CT molecular complexity index is 816. The maximum absolute atomic E-state index is 13.9. The number of rotatable bonds is 4. The molecule has 3 aromatic carbocycles. The van der Waals surface area contributed by atoms with Crippen LogP contribution in [0.5, 0.6) is 0 Å². The molecule has 0 aliphatic carbocycles. The van der Waals surface area contributed by atoms with E-state index in [0.717, 1.165) is 9.79 Å². The fourth-order valence-corrected chi connectivity index (χ4v) is 5.05. The zero-order chi connectivity index (χ0) is 18.7. The SMILES string of the molecule is CC(C)c1ccc([S+](c2ccccc2)c2ccccc2)c(C(F)(F)F)c1. The molecule has 0 saturated carbocycles. The second-order valence-corrected chi connectivity index (χ2v) is 8.34. The van der Waals surface area contributed by atoms with Gasteiger partial charge in [-0.05, 0) is 47.9 Å². The molecule has 134 valence electrons. The predicted octanol–water partition coefficient (Wildman–Crippen LogP) is 6.92. The van der Waals surface area contributed by atoms with E-state index in [1.165, 1.54) is 6.07 Å². The van der Waals surface area contributed by atoms with Gasteiger partial charge >= 0.3 is 6.18 Å². The molecule has 0 aliphatic rings. The van der Waals surface area contributed by atoms with Crippen molar-refractivity contribution < 1.29 is 13.2 Å². The standard InChI is InChI=1S/C22H20F3S/c1-16(2)17-13-14-21(20(15-17)22(23,24)25)26(18-9-5-3-6-10-18)19-11-7-4-8-12-19/h3-16H,1-2H3/q+1. The first-order valence-electron chi connectivity index (χ1n) is 8.43. The summed E-state index contributed by atoms with van der Waals surface area (Å²) in [7, 11) is -0.814. The third kappa shape index (κ3) is 3.96. The van der Waals surface area contributed by atoms with Gasteiger partial charge in [-0.2, -0.15) is 13.2 Å².